The van der Waals surface area contributed by atoms with Crippen molar-refractivity contribution in [3.63, 3.8) is 0 Å². The molecule has 28 nitrogen and oxygen atoms in total. The Hall–Kier alpha value is -3.34. The highest BCUT2D eigenvalue weighted by atomic mass is 16.6. The maximum Gasteiger partial charge on any atom is 0.186 e. The van der Waals surface area contributed by atoms with Gasteiger partial charge < -0.3 is 95.4 Å². The summed E-state index contributed by atoms with van der Waals surface area (Å²) in [6.45, 7) is -3.10. The van der Waals surface area contributed by atoms with Crippen molar-refractivity contribution in [1.82, 2.24) is 45.0 Å². The van der Waals surface area contributed by atoms with Gasteiger partial charge in [0.2, 0.25) is 0 Å². The zero-order chi connectivity index (χ0) is 42.6. The van der Waals surface area contributed by atoms with Crippen molar-refractivity contribution in [3.05, 3.63) is 35.7 Å². The Morgan fingerprint density at radius 3 is 1.27 bits per heavy atom. The minimum Gasteiger partial charge on any atom is -0.396 e. The monoisotopic (exact) mass is 850 g/mol. The lowest BCUT2D eigenvalue weighted by atomic mass is 9.93. The van der Waals surface area contributed by atoms with Crippen LogP contribution in [0.2, 0.25) is 0 Å². The molecule has 0 unspecified atom stereocenters. The number of aliphatic hydroxyl groups excluding tert-OH is 12. The number of rotatable bonds is 18. The largest absolute Gasteiger partial charge is 0.396 e. The van der Waals surface area contributed by atoms with E-state index in [0.29, 0.717) is 0 Å². The van der Waals surface area contributed by atoms with Crippen LogP contribution in [0.4, 0.5) is 0 Å². The molecule has 15 atom stereocenters. The van der Waals surface area contributed by atoms with Crippen LogP contribution < -0.4 is 5.73 Å². The summed E-state index contributed by atoms with van der Waals surface area (Å²) in [7, 11) is 0. The molecule has 3 saturated heterocycles. The lowest BCUT2D eigenvalue weighted by molar-refractivity contribution is -0.294. The Morgan fingerprint density at radius 2 is 0.898 bits per heavy atom. The first-order chi connectivity index (χ1) is 28.2. The molecule has 6 rings (SSSR count). The summed E-state index contributed by atoms with van der Waals surface area (Å²) in [6.07, 6.45) is -16.6. The summed E-state index contributed by atoms with van der Waals surface area (Å²) >= 11 is 0. The Balaban J connectivity index is 1.08. The Labute approximate surface area is 333 Å². The molecule has 14 N–H and O–H groups in total. The van der Waals surface area contributed by atoms with Crippen LogP contribution >= 0.6 is 0 Å². The fraction of sp³-hybridized carbons (Fsp3) is 0.806. The maximum absolute atomic E-state index is 10.4. The van der Waals surface area contributed by atoms with Crippen LogP contribution in [-0.4, -0.2) is 219 Å². The molecule has 6 heterocycles. The van der Waals surface area contributed by atoms with E-state index in [4.69, 9.17) is 34.2 Å². The van der Waals surface area contributed by atoms with Gasteiger partial charge in [0.15, 0.2) is 25.0 Å². The summed E-state index contributed by atoms with van der Waals surface area (Å²) in [4.78, 5) is 0. The van der Waals surface area contributed by atoms with Crippen molar-refractivity contribution in [3.8, 4) is 0 Å². The fourth-order valence-electron chi connectivity index (χ4n) is 6.69. The zero-order valence-electron chi connectivity index (χ0n) is 31.2. The molecule has 59 heavy (non-hydrogen) atoms. The number of nitrogens with zero attached hydrogens (tertiary/aromatic N) is 9. The molecule has 0 saturated carbocycles. The summed E-state index contributed by atoms with van der Waals surface area (Å²) < 4.78 is 37.3. The quantitative estimate of drug-likeness (QED) is 0.0565. The van der Waals surface area contributed by atoms with E-state index >= 15 is 0 Å². The number of ether oxygens (including phenoxy) is 6. The SMILES string of the molecule is NC(COCc1cn([C@@H]2O[C@H](CO)[C@H](O)[C@H](O)[C@H]2O)nn1)(COCc1cn([C@@H]2O[C@H](CO)[C@H](O)[C@H](O)[C@H]2O)nn1)COCc1cn([C@@H]2O[C@@H](O)[C@@H](O)[C@@H](O)[C@@H]2CO)nn1. The molecule has 3 aliphatic rings. The molecule has 3 fully saturated rings. The van der Waals surface area contributed by atoms with Crippen molar-refractivity contribution in [2.24, 2.45) is 11.7 Å². The van der Waals surface area contributed by atoms with Gasteiger partial charge in [-0.25, -0.2) is 14.0 Å². The molecular weight excluding hydrogens is 800 g/mol. The van der Waals surface area contributed by atoms with Gasteiger partial charge in [0, 0.05) is 0 Å². The predicted molar refractivity (Wildman–Crippen MR) is 183 cm³/mol. The van der Waals surface area contributed by atoms with Gasteiger partial charge in [-0.2, -0.15) is 0 Å². The van der Waals surface area contributed by atoms with Gasteiger partial charge in [0.1, 0.15) is 72.0 Å². The highest BCUT2D eigenvalue weighted by molar-refractivity contribution is 4.99. The molecule has 0 aliphatic carbocycles. The molecule has 0 amide bonds. The second-order valence-electron chi connectivity index (χ2n) is 14.6. The molecule has 0 spiro atoms. The van der Waals surface area contributed by atoms with Gasteiger partial charge >= 0.3 is 0 Å². The van der Waals surface area contributed by atoms with Crippen LogP contribution in [0.1, 0.15) is 35.8 Å². The van der Waals surface area contributed by atoms with E-state index in [-0.39, 0.29) is 56.7 Å². The summed E-state index contributed by atoms with van der Waals surface area (Å²) in [5, 5.41) is 144. The average Bonchev–Trinajstić information content (AvgIpc) is 4.01. The van der Waals surface area contributed by atoms with E-state index in [9.17, 15) is 61.3 Å². The lowest BCUT2D eigenvalue weighted by Crippen LogP contribution is -2.56. The minimum atomic E-state index is -1.76. The first-order valence-electron chi connectivity index (χ1n) is 18.3. The van der Waals surface area contributed by atoms with E-state index in [1.165, 1.54) is 18.6 Å². The molecule has 3 aromatic rings. The topological polar surface area (TPSA) is 416 Å². The first kappa shape index (κ1) is 45.2. The van der Waals surface area contributed by atoms with Crippen LogP contribution in [0.25, 0.3) is 0 Å². The minimum absolute atomic E-state index is 0.177. The predicted octanol–water partition coefficient (Wildman–Crippen LogP) is -8.77. The van der Waals surface area contributed by atoms with Crippen LogP contribution in [0.5, 0.6) is 0 Å². The van der Waals surface area contributed by atoms with Gasteiger partial charge in [0.05, 0.1) is 95.6 Å². The second-order valence-corrected chi connectivity index (χ2v) is 14.6. The smallest absolute Gasteiger partial charge is 0.186 e. The molecule has 28 heteroatoms. The van der Waals surface area contributed by atoms with E-state index in [1.807, 2.05) is 0 Å². The molecule has 0 aromatic carbocycles. The molecule has 332 valence electrons. The van der Waals surface area contributed by atoms with Crippen molar-refractivity contribution >= 4 is 0 Å². The maximum atomic E-state index is 10.4. The fourth-order valence-corrected chi connectivity index (χ4v) is 6.69. The number of aliphatic hydroxyl groups is 12. The molecule has 0 radical (unpaired) electrons. The van der Waals surface area contributed by atoms with E-state index in [0.717, 1.165) is 14.0 Å². The van der Waals surface area contributed by atoms with E-state index in [2.05, 4.69) is 30.9 Å². The van der Waals surface area contributed by atoms with Gasteiger partial charge in [-0.3, -0.25) is 0 Å². The second kappa shape index (κ2) is 19.6. The number of hydrogen-bond acceptors (Lipinski definition) is 25. The third-order valence-corrected chi connectivity index (χ3v) is 10.0. The summed E-state index contributed by atoms with van der Waals surface area (Å²) in [5.41, 5.74) is 6.04. The number of aromatic nitrogens is 9. The Kier molecular flexibility index (Phi) is 15.0. The van der Waals surface area contributed by atoms with Gasteiger partial charge in [-0.1, -0.05) is 15.6 Å². The highest BCUT2D eigenvalue weighted by Crippen LogP contribution is 2.32. The van der Waals surface area contributed by atoms with Crippen LogP contribution in [0.3, 0.4) is 0 Å². The number of nitrogens with two attached hydrogens (primary N) is 1. The molecule has 0 bridgehead atoms. The van der Waals surface area contributed by atoms with E-state index < -0.39 is 117 Å². The van der Waals surface area contributed by atoms with Crippen LogP contribution in [-0.2, 0) is 48.2 Å². The Bertz CT molecular complexity index is 1670. The molecular formula is C31H50N10O18. The Morgan fingerprint density at radius 1 is 0.508 bits per heavy atom. The molecule has 3 aliphatic heterocycles. The van der Waals surface area contributed by atoms with Gasteiger partial charge in [-0.15, -0.1) is 15.3 Å². The highest BCUT2D eigenvalue weighted by Gasteiger charge is 2.47. The normalized spacial score (nSPS) is 35.6. The van der Waals surface area contributed by atoms with E-state index in [1.54, 1.807) is 0 Å². The van der Waals surface area contributed by atoms with Gasteiger partial charge in [0.25, 0.3) is 0 Å². The van der Waals surface area contributed by atoms with Crippen molar-refractivity contribution in [2.75, 3.05) is 39.6 Å². The molecule has 3 aromatic heterocycles. The third-order valence-electron chi connectivity index (χ3n) is 10.0. The van der Waals surface area contributed by atoms with Crippen LogP contribution in [0.15, 0.2) is 18.6 Å². The van der Waals surface area contributed by atoms with Crippen molar-refractivity contribution < 1.29 is 89.7 Å². The van der Waals surface area contributed by atoms with Gasteiger partial charge in [-0.05, 0) is 0 Å². The standard InChI is InChI=1S/C31H50N10O18/c32-31(10-54-7-13-1-39(36-33-13)27-16(4-42)19(45)26(52)30(53)59-27,11-55-8-14-2-40(37-34-14)28-24(50)22(48)20(46)17(5-43)57-28)12-56-9-15-3-41(38-35-15)29-25(51)23(49)21(47)18(6-44)58-29/h1-3,16-30,42-53H,4-12,32H2/t16-,17+,18+,19-,20-,21-,22-,23-,24+,25+,26-,27+,28+,29+,30+/m0/s1. The van der Waals surface area contributed by atoms with Crippen molar-refractivity contribution in [2.45, 2.75) is 111 Å². The van der Waals surface area contributed by atoms with Crippen molar-refractivity contribution in [1.29, 1.82) is 0 Å². The number of hydrogen-bond donors (Lipinski definition) is 13. The average molecular weight is 851 g/mol. The first-order valence-corrected chi connectivity index (χ1v) is 18.3. The third kappa shape index (κ3) is 10.1. The summed E-state index contributed by atoms with van der Waals surface area (Å²) in [5.74, 6) is -1.05. The zero-order valence-corrected chi connectivity index (χ0v) is 31.2. The van der Waals surface area contributed by atoms with Crippen LogP contribution in [0, 0.1) is 5.92 Å². The summed E-state index contributed by atoms with van der Waals surface area (Å²) in [6, 6.07) is 0. The lowest BCUT2D eigenvalue weighted by Gasteiger charge is -2.39.